The lowest BCUT2D eigenvalue weighted by Gasteiger charge is -2.12. The fourth-order valence-electron chi connectivity index (χ4n) is 1.85. The first-order chi connectivity index (χ1) is 7.65. The Morgan fingerprint density at radius 3 is 2.94 bits per heavy atom. The zero-order valence-electron chi connectivity index (χ0n) is 9.37. The van der Waals surface area contributed by atoms with Crippen molar-refractivity contribution in [1.82, 2.24) is 5.32 Å². The highest BCUT2D eigenvalue weighted by Crippen LogP contribution is 2.32. The van der Waals surface area contributed by atoms with Crippen LogP contribution >= 0.6 is 0 Å². The predicted molar refractivity (Wildman–Crippen MR) is 60.4 cm³/mol. The minimum Gasteiger partial charge on any atom is -0.353 e. The van der Waals surface area contributed by atoms with Crippen molar-refractivity contribution in [2.75, 3.05) is 0 Å². The van der Waals surface area contributed by atoms with Crippen LogP contribution in [0.3, 0.4) is 0 Å². The Labute approximate surface area is 94.9 Å². The fourth-order valence-corrected chi connectivity index (χ4v) is 1.85. The first kappa shape index (κ1) is 11.1. The van der Waals surface area contributed by atoms with Crippen LogP contribution in [0.5, 0.6) is 0 Å². The van der Waals surface area contributed by atoms with Crippen LogP contribution in [0.4, 0.5) is 4.39 Å². The van der Waals surface area contributed by atoms with Crippen molar-refractivity contribution >= 4 is 5.91 Å². The van der Waals surface area contributed by atoms with Crippen molar-refractivity contribution in [2.24, 2.45) is 5.92 Å². The van der Waals surface area contributed by atoms with E-state index in [4.69, 9.17) is 0 Å². The molecule has 1 aromatic carbocycles. The van der Waals surface area contributed by atoms with Crippen LogP contribution in [0, 0.1) is 11.7 Å². The van der Waals surface area contributed by atoms with Gasteiger partial charge in [-0.3, -0.25) is 4.79 Å². The highest BCUT2D eigenvalue weighted by atomic mass is 19.1. The van der Waals surface area contributed by atoms with E-state index in [1.165, 1.54) is 25.0 Å². The first-order valence-corrected chi connectivity index (χ1v) is 5.69. The van der Waals surface area contributed by atoms with Gasteiger partial charge in [0.1, 0.15) is 5.82 Å². The van der Waals surface area contributed by atoms with Gasteiger partial charge in [0.25, 0.3) is 0 Å². The zero-order valence-corrected chi connectivity index (χ0v) is 9.37. The number of carbonyl (C=O) groups is 1. The lowest BCUT2D eigenvalue weighted by Crippen LogP contribution is -2.35. The van der Waals surface area contributed by atoms with Gasteiger partial charge in [0, 0.05) is 6.04 Å². The zero-order chi connectivity index (χ0) is 11.5. The van der Waals surface area contributed by atoms with Crippen LogP contribution in [0.25, 0.3) is 0 Å². The summed E-state index contributed by atoms with van der Waals surface area (Å²) < 4.78 is 12.9. The van der Waals surface area contributed by atoms with Crippen LogP contribution in [-0.2, 0) is 11.2 Å². The van der Waals surface area contributed by atoms with Gasteiger partial charge in [0.2, 0.25) is 5.91 Å². The molecule has 0 aromatic heterocycles. The molecule has 0 radical (unpaired) electrons. The quantitative estimate of drug-likeness (QED) is 0.830. The molecule has 1 unspecified atom stereocenters. The second kappa shape index (κ2) is 4.64. The molecule has 1 amide bonds. The number of hydrogen-bond donors (Lipinski definition) is 1. The van der Waals surface area contributed by atoms with Crippen molar-refractivity contribution in [3.05, 3.63) is 35.6 Å². The van der Waals surface area contributed by atoms with Crippen molar-refractivity contribution in [2.45, 2.75) is 32.2 Å². The van der Waals surface area contributed by atoms with Gasteiger partial charge in [-0.2, -0.15) is 0 Å². The Hall–Kier alpha value is -1.38. The molecule has 0 bridgehead atoms. The predicted octanol–water partition coefficient (Wildman–Crippen LogP) is 2.28. The summed E-state index contributed by atoms with van der Waals surface area (Å²) in [5, 5.41) is 2.95. The Morgan fingerprint density at radius 1 is 1.56 bits per heavy atom. The lowest BCUT2D eigenvalue weighted by atomic mass is 10.1. The van der Waals surface area contributed by atoms with Gasteiger partial charge in [-0.05, 0) is 43.4 Å². The van der Waals surface area contributed by atoms with E-state index in [-0.39, 0.29) is 24.2 Å². The highest BCUT2D eigenvalue weighted by molar-refractivity contribution is 5.78. The molecule has 0 saturated heterocycles. The molecule has 16 heavy (non-hydrogen) atoms. The highest BCUT2D eigenvalue weighted by Gasteiger charge is 2.28. The van der Waals surface area contributed by atoms with Crippen LogP contribution in [-0.4, -0.2) is 11.9 Å². The Balaban J connectivity index is 1.86. The maximum atomic E-state index is 12.9. The molecule has 2 nitrogen and oxygen atoms in total. The molecule has 0 heterocycles. The average molecular weight is 221 g/mol. The van der Waals surface area contributed by atoms with Gasteiger partial charge < -0.3 is 5.32 Å². The molecule has 3 heteroatoms. The van der Waals surface area contributed by atoms with Gasteiger partial charge in [0.15, 0.2) is 0 Å². The fraction of sp³-hybridized carbons (Fsp3) is 0.462. The maximum absolute atomic E-state index is 12.9. The van der Waals surface area contributed by atoms with Gasteiger partial charge in [-0.1, -0.05) is 12.1 Å². The number of halogens is 1. The summed E-state index contributed by atoms with van der Waals surface area (Å²) in [6.07, 6.45) is 2.68. The molecule has 2 rings (SSSR count). The summed E-state index contributed by atoms with van der Waals surface area (Å²) in [4.78, 5) is 11.6. The van der Waals surface area contributed by atoms with Crippen LogP contribution in [0.2, 0.25) is 0 Å². The number of amides is 1. The van der Waals surface area contributed by atoms with E-state index in [0.29, 0.717) is 5.92 Å². The molecule has 1 N–H and O–H groups in total. The summed E-state index contributed by atoms with van der Waals surface area (Å²) in [5.41, 5.74) is 0.723. The van der Waals surface area contributed by atoms with Gasteiger partial charge in [-0.15, -0.1) is 0 Å². The van der Waals surface area contributed by atoms with Crippen molar-refractivity contribution in [3.63, 3.8) is 0 Å². The largest absolute Gasteiger partial charge is 0.353 e. The lowest BCUT2D eigenvalue weighted by molar-refractivity contribution is -0.121. The van der Waals surface area contributed by atoms with Gasteiger partial charge in [0.05, 0.1) is 6.42 Å². The second-order valence-corrected chi connectivity index (χ2v) is 4.50. The normalized spacial score (nSPS) is 16.9. The van der Waals surface area contributed by atoms with Gasteiger partial charge in [-0.25, -0.2) is 4.39 Å². The SMILES string of the molecule is CC(NC(=O)Cc1cccc(F)c1)C1CC1. The van der Waals surface area contributed by atoms with Crippen LogP contribution < -0.4 is 5.32 Å². The third-order valence-corrected chi connectivity index (χ3v) is 2.97. The Morgan fingerprint density at radius 2 is 2.31 bits per heavy atom. The van der Waals surface area contributed by atoms with E-state index in [1.54, 1.807) is 12.1 Å². The minimum atomic E-state index is -0.291. The minimum absolute atomic E-state index is 0.0231. The smallest absolute Gasteiger partial charge is 0.224 e. The molecule has 1 aromatic rings. The molecule has 1 atom stereocenters. The average Bonchev–Trinajstić information content (AvgIpc) is 2.99. The molecule has 1 aliphatic carbocycles. The van der Waals surface area contributed by atoms with Crippen molar-refractivity contribution in [3.8, 4) is 0 Å². The number of hydrogen-bond acceptors (Lipinski definition) is 1. The third kappa shape index (κ3) is 3.05. The van der Waals surface area contributed by atoms with Crippen molar-refractivity contribution < 1.29 is 9.18 Å². The van der Waals surface area contributed by atoms with Crippen LogP contribution in [0.15, 0.2) is 24.3 Å². The summed E-state index contributed by atoms with van der Waals surface area (Å²) in [6.45, 7) is 2.03. The standard InChI is InChI=1S/C13H16FNO/c1-9(11-5-6-11)15-13(16)8-10-3-2-4-12(14)7-10/h2-4,7,9,11H,5-6,8H2,1H3,(H,15,16). The summed E-state index contributed by atoms with van der Waals surface area (Å²) in [7, 11) is 0. The molecule has 1 aliphatic rings. The second-order valence-electron chi connectivity index (χ2n) is 4.50. The third-order valence-electron chi connectivity index (χ3n) is 2.97. The molecule has 0 aliphatic heterocycles. The summed E-state index contributed by atoms with van der Waals surface area (Å²) in [5.74, 6) is 0.335. The molecule has 1 saturated carbocycles. The molecule has 86 valence electrons. The number of carbonyl (C=O) groups excluding carboxylic acids is 1. The molecule has 1 fully saturated rings. The number of rotatable bonds is 4. The monoisotopic (exact) mass is 221 g/mol. The van der Waals surface area contributed by atoms with Gasteiger partial charge >= 0.3 is 0 Å². The van der Waals surface area contributed by atoms with E-state index >= 15 is 0 Å². The topological polar surface area (TPSA) is 29.1 Å². The summed E-state index contributed by atoms with van der Waals surface area (Å²) >= 11 is 0. The van der Waals surface area contributed by atoms with E-state index in [9.17, 15) is 9.18 Å². The Bertz CT molecular complexity index is 387. The van der Waals surface area contributed by atoms with Crippen LogP contribution in [0.1, 0.15) is 25.3 Å². The maximum Gasteiger partial charge on any atom is 0.224 e. The first-order valence-electron chi connectivity index (χ1n) is 5.69. The molecular weight excluding hydrogens is 205 g/mol. The molecule has 0 spiro atoms. The van der Waals surface area contributed by atoms with Crippen molar-refractivity contribution in [1.29, 1.82) is 0 Å². The van der Waals surface area contributed by atoms with E-state index in [2.05, 4.69) is 5.32 Å². The summed E-state index contributed by atoms with van der Waals surface area (Å²) in [6, 6.07) is 6.43. The van der Waals surface area contributed by atoms with E-state index in [0.717, 1.165) is 5.56 Å². The Kier molecular flexibility index (Phi) is 3.22. The molecular formula is C13H16FNO. The number of nitrogens with one attached hydrogen (secondary N) is 1. The van der Waals surface area contributed by atoms with E-state index < -0.39 is 0 Å². The van der Waals surface area contributed by atoms with E-state index in [1.807, 2.05) is 6.92 Å². The number of benzene rings is 1.